The van der Waals surface area contributed by atoms with Crippen molar-refractivity contribution in [2.24, 2.45) is 9.98 Å². The fraction of sp³-hybridized carbons (Fsp3) is 0.867. The van der Waals surface area contributed by atoms with Gasteiger partial charge in [0.1, 0.15) is 6.17 Å². The lowest BCUT2D eigenvalue weighted by molar-refractivity contribution is 0.599. The Labute approximate surface area is 108 Å². The Morgan fingerprint density at radius 3 is 1.65 bits per heavy atom. The second kappa shape index (κ2) is 13.4. The van der Waals surface area contributed by atoms with Gasteiger partial charge in [-0.1, -0.05) is 40.0 Å². The molecule has 0 atom stereocenters. The monoisotopic (exact) mass is 238 g/mol. The average molecular weight is 238 g/mol. The SMILES string of the molecule is CCCCC=NC(CCCC)N=CCCCC. The van der Waals surface area contributed by atoms with Crippen molar-refractivity contribution in [2.75, 3.05) is 0 Å². The maximum Gasteiger partial charge on any atom is 0.138 e. The van der Waals surface area contributed by atoms with Crippen molar-refractivity contribution in [1.29, 1.82) is 0 Å². The van der Waals surface area contributed by atoms with E-state index in [0.717, 1.165) is 19.3 Å². The molecule has 17 heavy (non-hydrogen) atoms. The van der Waals surface area contributed by atoms with Crippen LogP contribution in [-0.4, -0.2) is 18.6 Å². The predicted octanol–water partition coefficient (Wildman–Crippen LogP) is 5.02. The van der Waals surface area contributed by atoms with E-state index in [1.165, 1.54) is 38.5 Å². The van der Waals surface area contributed by atoms with Crippen molar-refractivity contribution in [3.63, 3.8) is 0 Å². The van der Waals surface area contributed by atoms with E-state index in [0.29, 0.717) is 0 Å². The van der Waals surface area contributed by atoms with Crippen LogP contribution in [-0.2, 0) is 0 Å². The fourth-order valence-corrected chi connectivity index (χ4v) is 1.56. The molecule has 0 heterocycles. The summed E-state index contributed by atoms with van der Waals surface area (Å²) in [5.41, 5.74) is 0. The Balaban J connectivity index is 3.94. The van der Waals surface area contributed by atoms with Crippen LogP contribution >= 0.6 is 0 Å². The smallest absolute Gasteiger partial charge is 0.138 e. The number of aliphatic imine (C=N–C) groups is 2. The molecule has 0 saturated carbocycles. The minimum absolute atomic E-state index is 0.184. The molecule has 0 unspecified atom stereocenters. The summed E-state index contributed by atoms with van der Waals surface area (Å²) in [5, 5.41) is 0. The molecular weight excluding hydrogens is 208 g/mol. The largest absolute Gasteiger partial charge is 0.271 e. The maximum absolute atomic E-state index is 4.57. The summed E-state index contributed by atoms with van der Waals surface area (Å²) in [6.07, 6.45) is 15.0. The van der Waals surface area contributed by atoms with Gasteiger partial charge in [-0.25, -0.2) is 0 Å². The molecule has 0 fully saturated rings. The lowest BCUT2D eigenvalue weighted by atomic mass is 10.2. The molecule has 0 rings (SSSR count). The first kappa shape index (κ1) is 16.3. The molecule has 2 nitrogen and oxygen atoms in total. The van der Waals surface area contributed by atoms with Crippen molar-refractivity contribution in [2.45, 2.75) is 84.7 Å². The van der Waals surface area contributed by atoms with E-state index in [1.807, 2.05) is 0 Å². The van der Waals surface area contributed by atoms with Gasteiger partial charge in [0.25, 0.3) is 0 Å². The predicted molar refractivity (Wildman–Crippen MR) is 79.3 cm³/mol. The molecule has 0 radical (unpaired) electrons. The van der Waals surface area contributed by atoms with Crippen molar-refractivity contribution < 1.29 is 0 Å². The summed E-state index contributed by atoms with van der Waals surface area (Å²) in [4.78, 5) is 9.15. The van der Waals surface area contributed by atoms with Crippen molar-refractivity contribution in [1.82, 2.24) is 0 Å². The van der Waals surface area contributed by atoms with Crippen LogP contribution in [0.25, 0.3) is 0 Å². The molecule has 0 aliphatic heterocycles. The van der Waals surface area contributed by atoms with Crippen LogP contribution in [0, 0.1) is 0 Å². The highest BCUT2D eigenvalue weighted by Crippen LogP contribution is 2.06. The lowest BCUT2D eigenvalue weighted by Crippen LogP contribution is -2.01. The van der Waals surface area contributed by atoms with Gasteiger partial charge in [-0.3, -0.25) is 9.98 Å². The molecular formula is C15H30N2. The van der Waals surface area contributed by atoms with Gasteiger partial charge in [0, 0.05) is 12.4 Å². The topological polar surface area (TPSA) is 24.7 Å². The average Bonchev–Trinajstić information content (AvgIpc) is 2.35. The summed E-state index contributed by atoms with van der Waals surface area (Å²) in [6.45, 7) is 6.65. The summed E-state index contributed by atoms with van der Waals surface area (Å²) in [6, 6.07) is 0. The minimum Gasteiger partial charge on any atom is -0.271 e. The quantitative estimate of drug-likeness (QED) is 0.356. The number of rotatable bonds is 11. The van der Waals surface area contributed by atoms with E-state index in [4.69, 9.17) is 0 Å². The molecule has 0 amide bonds. The molecule has 0 bridgehead atoms. The van der Waals surface area contributed by atoms with Gasteiger partial charge >= 0.3 is 0 Å². The Morgan fingerprint density at radius 1 is 0.765 bits per heavy atom. The molecule has 0 spiro atoms. The van der Waals surface area contributed by atoms with E-state index in [9.17, 15) is 0 Å². The zero-order chi connectivity index (χ0) is 12.8. The molecule has 0 aromatic carbocycles. The molecule has 0 aromatic rings. The Morgan fingerprint density at radius 2 is 1.24 bits per heavy atom. The van der Waals surface area contributed by atoms with E-state index in [1.54, 1.807) is 0 Å². The zero-order valence-electron chi connectivity index (χ0n) is 12.0. The van der Waals surface area contributed by atoms with Gasteiger partial charge in [0.15, 0.2) is 0 Å². The van der Waals surface area contributed by atoms with Crippen molar-refractivity contribution in [3.05, 3.63) is 0 Å². The third-order valence-corrected chi connectivity index (χ3v) is 2.74. The number of hydrogen-bond donors (Lipinski definition) is 0. The van der Waals surface area contributed by atoms with E-state index >= 15 is 0 Å². The second-order valence-corrected chi connectivity index (χ2v) is 4.57. The minimum atomic E-state index is 0.184. The van der Waals surface area contributed by atoms with E-state index < -0.39 is 0 Å². The van der Waals surface area contributed by atoms with E-state index in [2.05, 4.69) is 43.2 Å². The molecule has 0 aliphatic rings. The molecule has 2 heteroatoms. The van der Waals surface area contributed by atoms with Gasteiger partial charge in [0.2, 0.25) is 0 Å². The molecule has 100 valence electrons. The van der Waals surface area contributed by atoms with Crippen LogP contribution < -0.4 is 0 Å². The second-order valence-electron chi connectivity index (χ2n) is 4.57. The first-order valence-corrected chi connectivity index (χ1v) is 7.38. The van der Waals surface area contributed by atoms with Gasteiger partial charge in [-0.05, 0) is 38.5 Å². The molecule has 0 aliphatic carbocycles. The first-order valence-electron chi connectivity index (χ1n) is 7.38. The van der Waals surface area contributed by atoms with Crippen LogP contribution in [0.5, 0.6) is 0 Å². The molecule has 0 N–H and O–H groups in total. The molecule has 0 saturated heterocycles. The molecule has 0 aromatic heterocycles. The third kappa shape index (κ3) is 11.6. The van der Waals surface area contributed by atoms with Gasteiger partial charge < -0.3 is 0 Å². The summed E-state index contributed by atoms with van der Waals surface area (Å²) >= 11 is 0. The summed E-state index contributed by atoms with van der Waals surface area (Å²) in [7, 11) is 0. The van der Waals surface area contributed by atoms with Crippen LogP contribution in [0.2, 0.25) is 0 Å². The van der Waals surface area contributed by atoms with Crippen LogP contribution in [0.4, 0.5) is 0 Å². The van der Waals surface area contributed by atoms with E-state index in [-0.39, 0.29) is 6.17 Å². The summed E-state index contributed by atoms with van der Waals surface area (Å²) in [5.74, 6) is 0. The lowest BCUT2D eigenvalue weighted by Gasteiger charge is -2.06. The highest BCUT2D eigenvalue weighted by Gasteiger charge is 2.00. The van der Waals surface area contributed by atoms with Crippen LogP contribution in [0.15, 0.2) is 9.98 Å². The van der Waals surface area contributed by atoms with Gasteiger partial charge in [-0.2, -0.15) is 0 Å². The number of nitrogens with zero attached hydrogens (tertiary/aromatic N) is 2. The third-order valence-electron chi connectivity index (χ3n) is 2.74. The van der Waals surface area contributed by atoms with Crippen molar-refractivity contribution >= 4 is 12.4 Å². The fourth-order valence-electron chi connectivity index (χ4n) is 1.56. The number of unbranched alkanes of at least 4 members (excludes halogenated alkanes) is 5. The highest BCUT2D eigenvalue weighted by atomic mass is 15.0. The zero-order valence-corrected chi connectivity index (χ0v) is 12.0. The van der Waals surface area contributed by atoms with Gasteiger partial charge in [0.05, 0.1) is 0 Å². The Kier molecular flexibility index (Phi) is 12.9. The standard InChI is InChI=1S/C15H30N2/c1-4-7-10-13-16-15(12-9-6-3)17-14-11-8-5-2/h13-15H,4-12H2,1-3H3. The summed E-state index contributed by atoms with van der Waals surface area (Å²) < 4.78 is 0. The Bertz CT molecular complexity index is 179. The highest BCUT2D eigenvalue weighted by molar-refractivity contribution is 5.59. The van der Waals surface area contributed by atoms with Crippen LogP contribution in [0.1, 0.15) is 78.6 Å². The normalized spacial score (nSPS) is 13.8. The number of hydrogen-bond acceptors (Lipinski definition) is 2. The van der Waals surface area contributed by atoms with Crippen molar-refractivity contribution in [3.8, 4) is 0 Å². The maximum atomic E-state index is 4.57. The first-order chi connectivity index (χ1) is 8.35. The van der Waals surface area contributed by atoms with Crippen LogP contribution in [0.3, 0.4) is 0 Å². The Hall–Kier alpha value is -0.660. The van der Waals surface area contributed by atoms with Gasteiger partial charge in [-0.15, -0.1) is 0 Å².